The van der Waals surface area contributed by atoms with Crippen LogP contribution in [0, 0.1) is 5.92 Å². The second-order valence-electron chi connectivity index (χ2n) is 5.25. The molecular weight excluding hydrogens is 208 g/mol. The highest BCUT2D eigenvalue weighted by Gasteiger charge is 2.23. The normalized spacial score (nSPS) is 24.6. The zero-order chi connectivity index (χ0) is 12.1. The van der Waals surface area contributed by atoms with Crippen molar-refractivity contribution in [3.63, 3.8) is 0 Å². The molecule has 0 aromatic heterocycles. The molecule has 0 heterocycles. The van der Waals surface area contributed by atoms with Gasteiger partial charge in [0.05, 0.1) is 7.11 Å². The van der Waals surface area contributed by atoms with Crippen molar-refractivity contribution in [1.82, 2.24) is 0 Å². The highest BCUT2D eigenvalue weighted by Crippen LogP contribution is 2.40. The molecule has 0 saturated heterocycles. The Morgan fingerprint density at radius 2 is 1.82 bits per heavy atom. The van der Waals surface area contributed by atoms with Crippen LogP contribution in [-0.4, -0.2) is 7.11 Å². The third kappa shape index (κ3) is 3.02. The van der Waals surface area contributed by atoms with Crippen molar-refractivity contribution in [1.29, 1.82) is 0 Å². The van der Waals surface area contributed by atoms with Crippen LogP contribution in [0.2, 0.25) is 0 Å². The first-order valence-corrected chi connectivity index (χ1v) is 6.98. The maximum absolute atomic E-state index is 5.47. The van der Waals surface area contributed by atoms with Gasteiger partial charge in [0.15, 0.2) is 0 Å². The van der Waals surface area contributed by atoms with Crippen LogP contribution in [0.5, 0.6) is 5.75 Å². The molecule has 17 heavy (non-hydrogen) atoms. The molecule has 1 aromatic carbocycles. The van der Waals surface area contributed by atoms with E-state index >= 15 is 0 Å². The van der Waals surface area contributed by atoms with Crippen LogP contribution < -0.4 is 4.74 Å². The van der Waals surface area contributed by atoms with E-state index in [1.807, 2.05) is 0 Å². The van der Waals surface area contributed by atoms with Crippen molar-refractivity contribution in [3.05, 3.63) is 29.8 Å². The molecule has 1 aliphatic rings. The van der Waals surface area contributed by atoms with Gasteiger partial charge in [0, 0.05) is 0 Å². The Morgan fingerprint density at radius 1 is 1.12 bits per heavy atom. The van der Waals surface area contributed by atoms with Gasteiger partial charge in [-0.3, -0.25) is 0 Å². The smallest absolute Gasteiger partial charge is 0.122 e. The molecule has 0 radical (unpaired) electrons. The fourth-order valence-electron chi connectivity index (χ4n) is 3.17. The zero-order valence-electron chi connectivity index (χ0n) is 11.1. The Labute approximate surface area is 105 Å². The molecule has 1 aromatic rings. The lowest BCUT2D eigenvalue weighted by molar-refractivity contribution is 0.302. The fourth-order valence-corrected chi connectivity index (χ4v) is 3.17. The summed E-state index contributed by atoms with van der Waals surface area (Å²) >= 11 is 0. The summed E-state index contributed by atoms with van der Waals surface area (Å²) in [5.74, 6) is 2.77. The Morgan fingerprint density at radius 3 is 2.47 bits per heavy atom. The van der Waals surface area contributed by atoms with Gasteiger partial charge in [-0.15, -0.1) is 0 Å². The maximum Gasteiger partial charge on any atom is 0.122 e. The number of hydrogen-bond donors (Lipinski definition) is 0. The van der Waals surface area contributed by atoms with E-state index in [1.54, 1.807) is 7.11 Å². The van der Waals surface area contributed by atoms with Gasteiger partial charge in [-0.25, -0.2) is 0 Å². The van der Waals surface area contributed by atoms with E-state index in [4.69, 9.17) is 4.74 Å². The van der Waals surface area contributed by atoms with Gasteiger partial charge in [0.25, 0.3) is 0 Å². The van der Waals surface area contributed by atoms with E-state index in [2.05, 4.69) is 31.2 Å². The average molecular weight is 232 g/mol. The topological polar surface area (TPSA) is 9.23 Å². The summed E-state index contributed by atoms with van der Waals surface area (Å²) in [5, 5.41) is 0. The van der Waals surface area contributed by atoms with Gasteiger partial charge >= 0.3 is 0 Å². The molecule has 0 aliphatic heterocycles. The lowest BCUT2D eigenvalue weighted by Crippen LogP contribution is -2.13. The Balaban J connectivity index is 2.00. The molecule has 0 bridgehead atoms. The van der Waals surface area contributed by atoms with E-state index in [-0.39, 0.29) is 0 Å². The van der Waals surface area contributed by atoms with Crippen molar-refractivity contribution >= 4 is 0 Å². The minimum absolute atomic E-state index is 0.722. The van der Waals surface area contributed by atoms with E-state index in [0.717, 1.165) is 17.6 Å². The van der Waals surface area contributed by atoms with Crippen molar-refractivity contribution in [3.8, 4) is 5.75 Å². The van der Waals surface area contributed by atoms with Gasteiger partial charge in [0.2, 0.25) is 0 Å². The molecule has 1 heteroatoms. The second kappa shape index (κ2) is 6.09. The molecule has 2 rings (SSSR count). The molecule has 94 valence electrons. The average Bonchev–Trinajstić information content (AvgIpc) is 2.40. The molecule has 0 spiro atoms. The summed E-state index contributed by atoms with van der Waals surface area (Å²) in [6.45, 7) is 2.30. The number of methoxy groups -OCH3 is 1. The van der Waals surface area contributed by atoms with Crippen LogP contribution in [0.3, 0.4) is 0 Å². The Kier molecular flexibility index (Phi) is 4.47. The minimum atomic E-state index is 0.722. The van der Waals surface area contributed by atoms with Crippen molar-refractivity contribution in [2.24, 2.45) is 5.92 Å². The molecule has 1 fully saturated rings. The summed E-state index contributed by atoms with van der Waals surface area (Å²) in [7, 11) is 1.78. The van der Waals surface area contributed by atoms with Gasteiger partial charge in [-0.1, -0.05) is 38.0 Å². The summed E-state index contributed by atoms with van der Waals surface area (Å²) < 4.78 is 5.47. The lowest BCUT2D eigenvalue weighted by atomic mass is 9.77. The zero-order valence-corrected chi connectivity index (χ0v) is 11.1. The summed E-state index contributed by atoms with van der Waals surface area (Å²) in [4.78, 5) is 0. The van der Waals surface area contributed by atoms with Gasteiger partial charge in [-0.05, 0) is 49.1 Å². The monoisotopic (exact) mass is 232 g/mol. The SMILES string of the molecule is CCCC1CCC(c2ccccc2OC)CC1. The Bertz CT molecular complexity index is 337. The van der Waals surface area contributed by atoms with E-state index < -0.39 is 0 Å². The first-order valence-electron chi connectivity index (χ1n) is 6.98. The number of rotatable bonds is 4. The molecular formula is C16H24O. The standard InChI is InChI=1S/C16H24O/c1-3-6-13-9-11-14(12-10-13)15-7-4-5-8-16(15)17-2/h4-5,7-8,13-14H,3,6,9-12H2,1-2H3. The number of ether oxygens (including phenoxy) is 1. The predicted octanol–water partition coefficient (Wildman–Crippen LogP) is 4.77. The molecule has 0 atom stereocenters. The van der Waals surface area contributed by atoms with Crippen LogP contribution in [-0.2, 0) is 0 Å². The summed E-state index contributed by atoms with van der Waals surface area (Å²) in [6.07, 6.45) is 8.23. The highest BCUT2D eigenvalue weighted by atomic mass is 16.5. The Hall–Kier alpha value is -0.980. The number of benzene rings is 1. The van der Waals surface area contributed by atoms with E-state index in [0.29, 0.717) is 0 Å². The molecule has 0 unspecified atom stereocenters. The summed E-state index contributed by atoms with van der Waals surface area (Å²) in [5.41, 5.74) is 1.42. The largest absolute Gasteiger partial charge is 0.496 e. The molecule has 0 N–H and O–H groups in total. The minimum Gasteiger partial charge on any atom is -0.496 e. The van der Waals surface area contributed by atoms with Gasteiger partial charge in [-0.2, -0.15) is 0 Å². The van der Waals surface area contributed by atoms with Gasteiger partial charge < -0.3 is 4.74 Å². The fraction of sp³-hybridized carbons (Fsp3) is 0.625. The quantitative estimate of drug-likeness (QED) is 0.726. The molecule has 1 aliphatic carbocycles. The first-order chi connectivity index (χ1) is 8.35. The van der Waals surface area contributed by atoms with E-state index in [1.165, 1.54) is 44.1 Å². The first kappa shape index (κ1) is 12.5. The highest BCUT2D eigenvalue weighted by molar-refractivity contribution is 5.36. The third-order valence-corrected chi connectivity index (χ3v) is 4.12. The second-order valence-corrected chi connectivity index (χ2v) is 5.25. The van der Waals surface area contributed by atoms with Crippen LogP contribution in [0.4, 0.5) is 0 Å². The van der Waals surface area contributed by atoms with Crippen molar-refractivity contribution < 1.29 is 4.74 Å². The van der Waals surface area contributed by atoms with Crippen LogP contribution in [0.25, 0.3) is 0 Å². The number of hydrogen-bond acceptors (Lipinski definition) is 1. The molecule has 0 amide bonds. The summed E-state index contributed by atoms with van der Waals surface area (Å²) in [6, 6.07) is 8.53. The third-order valence-electron chi connectivity index (χ3n) is 4.12. The van der Waals surface area contributed by atoms with Gasteiger partial charge in [0.1, 0.15) is 5.75 Å². The van der Waals surface area contributed by atoms with Crippen LogP contribution in [0.15, 0.2) is 24.3 Å². The predicted molar refractivity (Wildman–Crippen MR) is 72.6 cm³/mol. The van der Waals surface area contributed by atoms with Crippen molar-refractivity contribution in [2.75, 3.05) is 7.11 Å². The van der Waals surface area contributed by atoms with Crippen LogP contribution >= 0.6 is 0 Å². The lowest BCUT2D eigenvalue weighted by Gasteiger charge is -2.29. The number of para-hydroxylation sites is 1. The maximum atomic E-state index is 5.47. The van der Waals surface area contributed by atoms with E-state index in [9.17, 15) is 0 Å². The molecule has 1 saturated carbocycles. The van der Waals surface area contributed by atoms with Crippen LogP contribution in [0.1, 0.15) is 56.9 Å². The van der Waals surface area contributed by atoms with Crippen molar-refractivity contribution in [2.45, 2.75) is 51.4 Å². The molecule has 1 nitrogen and oxygen atoms in total.